The summed E-state index contributed by atoms with van der Waals surface area (Å²) in [6, 6.07) is 11.0. The molecule has 0 saturated carbocycles. The molecule has 1 amide bonds. The molecule has 0 radical (unpaired) electrons. The summed E-state index contributed by atoms with van der Waals surface area (Å²) in [5, 5.41) is 1.55. The zero-order chi connectivity index (χ0) is 19.3. The molecule has 2 aromatic heterocycles. The van der Waals surface area contributed by atoms with Gasteiger partial charge in [0.25, 0.3) is 5.91 Å². The third kappa shape index (κ3) is 4.35. The molecule has 0 fully saturated rings. The number of halogens is 1. The van der Waals surface area contributed by atoms with Crippen LogP contribution in [0.3, 0.4) is 0 Å². The first-order valence-corrected chi connectivity index (χ1v) is 9.61. The van der Waals surface area contributed by atoms with Gasteiger partial charge in [0.05, 0.1) is 10.5 Å². The van der Waals surface area contributed by atoms with Crippen LogP contribution in [0.25, 0.3) is 0 Å². The Morgan fingerprint density at radius 2 is 1.67 bits per heavy atom. The van der Waals surface area contributed by atoms with E-state index < -0.39 is 26.8 Å². The number of hydrogen-bond donors (Lipinski definition) is 1. The van der Waals surface area contributed by atoms with Gasteiger partial charge >= 0.3 is 0 Å². The van der Waals surface area contributed by atoms with Gasteiger partial charge in [-0.25, -0.2) is 12.8 Å². The van der Waals surface area contributed by atoms with E-state index in [1.165, 1.54) is 36.9 Å². The van der Waals surface area contributed by atoms with Crippen molar-refractivity contribution in [2.24, 2.45) is 0 Å². The highest BCUT2D eigenvalue weighted by molar-refractivity contribution is 7.91. The van der Waals surface area contributed by atoms with E-state index >= 15 is 0 Å². The summed E-state index contributed by atoms with van der Waals surface area (Å²) in [7, 11) is -3.89. The second kappa shape index (κ2) is 8.05. The van der Waals surface area contributed by atoms with Crippen LogP contribution in [-0.2, 0) is 9.84 Å². The van der Waals surface area contributed by atoms with Crippen molar-refractivity contribution >= 4 is 15.7 Å². The summed E-state index contributed by atoms with van der Waals surface area (Å²) in [4.78, 5) is 20.1. The van der Waals surface area contributed by atoms with E-state index in [1.54, 1.807) is 24.3 Å². The highest BCUT2D eigenvalue weighted by atomic mass is 32.2. The molecule has 0 aliphatic rings. The lowest BCUT2D eigenvalue weighted by Gasteiger charge is -2.18. The van der Waals surface area contributed by atoms with Crippen LogP contribution in [0, 0.1) is 5.82 Å². The Morgan fingerprint density at radius 3 is 2.26 bits per heavy atom. The van der Waals surface area contributed by atoms with Gasteiger partial charge in [0.2, 0.25) is 0 Å². The molecule has 27 heavy (non-hydrogen) atoms. The zero-order valence-corrected chi connectivity index (χ0v) is 14.9. The Bertz CT molecular complexity index is 1010. The van der Waals surface area contributed by atoms with Crippen LogP contribution in [-0.4, -0.2) is 30.8 Å². The minimum absolute atomic E-state index is 0.0339. The summed E-state index contributed by atoms with van der Waals surface area (Å²) >= 11 is 0. The lowest BCUT2D eigenvalue weighted by molar-refractivity contribution is 0.0953. The Morgan fingerprint density at radius 1 is 1.00 bits per heavy atom. The van der Waals surface area contributed by atoms with Crippen molar-refractivity contribution < 1.29 is 17.6 Å². The molecule has 1 atom stereocenters. The maximum Gasteiger partial charge on any atom is 0.252 e. The largest absolute Gasteiger partial charge is 0.350 e. The van der Waals surface area contributed by atoms with E-state index in [-0.39, 0.29) is 11.4 Å². The van der Waals surface area contributed by atoms with Crippen molar-refractivity contribution in [1.29, 1.82) is 0 Å². The van der Waals surface area contributed by atoms with Gasteiger partial charge in [0.1, 0.15) is 11.1 Å². The Hall–Kier alpha value is -3.13. The third-order valence-electron chi connectivity index (χ3n) is 3.94. The quantitative estimate of drug-likeness (QED) is 0.659. The average molecular weight is 385 g/mol. The normalized spacial score (nSPS) is 12.3. The summed E-state index contributed by atoms with van der Waals surface area (Å²) in [5.74, 6) is -0.969. The summed E-state index contributed by atoms with van der Waals surface area (Å²) in [6.07, 6.45) is 5.89. The van der Waals surface area contributed by atoms with Crippen molar-refractivity contribution in [3.63, 3.8) is 0 Å². The van der Waals surface area contributed by atoms with Gasteiger partial charge in [-0.2, -0.15) is 0 Å². The van der Waals surface area contributed by atoms with Gasteiger partial charge in [0, 0.05) is 31.3 Å². The van der Waals surface area contributed by atoms with Crippen LogP contribution >= 0.6 is 0 Å². The lowest BCUT2D eigenvalue weighted by atomic mass is 10.2. The summed E-state index contributed by atoms with van der Waals surface area (Å²) in [5.41, 5.74) is 0.745. The predicted molar refractivity (Wildman–Crippen MR) is 97.1 cm³/mol. The SMILES string of the molecule is O=C(NC[C@@H](c1cccnc1)S(=O)(=O)c1ccc(F)cc1)c1cccnc1. The summed E-state index contributed by atoms with van der Waals surface area (Å²) in [6.45, 7) is -0.168. The topological polar surface area (TPSA) is 89.0 Å². The second-order valence-corrected chi connectivity index (χ2v) is 7.86. The van der Waals surface area contributed by atoms with Gasteiger partial charge in [-0.3, -0.25) is 14.8 Å². The second-order valence-electron chi connectivity index (χ2n) is 5.73. The zero-order valence-electron chi connectivity index (χ0n) is 14.1. The van der Waals surface area contributed by atoms with Gasteiger partial charge in [-0.05, 0) is 48.0 Å². The Labute approximate surface area is 156 Å². The molecule has 6 nitrogen and oxygen atoms in total. The van der Waals surface area contributed by atoms with E-state index in [4.69, 9.17) is 0 Å². The molecule has 8 heteroatoms. The third-order valence-corrected chi connectivity index (χ3v) is 6.06. The highest BCUT2D eigenvalue weighted by Crippen LogP contribution is 2.28. The number of carbonyl (C=O) groups excluding carboxylic acids is 1. The van der Waals surface area contributed by atoms with Crippen LogP contribution in [0.1, 0.15) is 21.2 Å². The number of amides is 1. The molecule has 0 aliphatic heterocycles. The minimum Gasteiger partial charge on any atom is -0.350 e. The minimum atomic E-state index is -3.89. The van der Waals surface area contributed by atoms with E-state index in [9.17, 15) is 17.6 Å². The van der Waals surface area contributed by atoms with Crippen LogP contribution in [0.15, 0.2) is 78.2 Å². The van der Waals surface area contributed by atoms with Crippen molar-refractivity contribution in [3.8, 4) is 0 Å². The van der Waals surface area contributed by atoms with Crippen LogP contribution in [0.5, 0.6) is 0 Å². The molecule has 138 valence electrons. The number of carbonyl (C=O) groups is 1. The number of pyridine rings is 2. The van der Waals surface area contributed by atoms with Crippen LogP contribution in [0.2, 0.25) is 0 Å². The molecular weight excluding hydrogens is 369 g/mol. The molecule has 1 N–H and O–H groups in total. The number of nitrogens with zero attached hydrogens (tertiary/aromatic N) is 2. The van der Waals surface area contributed by atoms with Crippen molar-refractivity contribution in [2.75, 3.05) is 6.54 Å². The molecule has 0 spiro atoms. The Balaban J connectivity index is 1.90. The Kier molecular flexibility index (Phi) is 5.56. The molecular formula is C19H16FN3O3S. The molecule has 3 aromatic rings. The van der Waals surface area contributed by atoms with Gasteiger partial charge < -0.3 is 5.32 Å². The summed E-state index contributed by atoms with van der Waals surface area (Å²) < 4.78 is 39.3. The van der Waals surface area contributed by atoms with Gasteiger partial charge in [-0.15, -0.1) is 0 Å². The molecule has 0 bridgehead atoms. The maximum atomic E-state index is 13.2. The molecule has 0 aliphatic carbocycles. The van der Waals surface area contributed by atoms with Crippen molar-refractivity contribution in [2.45, 2.75) is 10.1 Å². The molecule has 0 unspecified atom stereocenters. The lowest BCUT2D eigenvalue weighted by Crippen LogP contribution is -2.32. The number of sulfone groups is 1. The average Bonchev–Trinajstić information content (AvgIpc) is 2.69. The molecule has 3 rings (SSSR count). The number of nitrogens with one attached hydrogen (secondary N) is 1. The van der Waals surface area contributed by atoms with E-state index in [0.717, 1.165) is 12.1 Å². The van der Waals surface area contributed by atoms with E-state index in [0.29, 0.717) is 11.1 Å². The van der Waals surface area contributed by atoms with Crippen LogP contribution in [0.4, 0.5) is 4.39 Å². The smallest absolute Gasteiger partial charge is 0.252 e. The van der Waals surface area contributed by atoms with Gasteiger partial charge in [-0.1, -0.05) is 6.07 Å². The fraction of sp³-hybridized carbons (Fsp3) is 0.105. The first-order chi connectivity index (χ1) is 13.0. The molecule has 1 aromatic carbocycles. The van der Waals surface area contributed by atoms with Crippen LogP contribution < -0.4 is 5.32 Å². The monoisotopic (exact) mass is 385 g/mol. The maximum absolute atomic E-state index is 13.2. The number of benzene rings is 1. The first-order valence-electron chi connectivity index (χ1n) is 8.06. The first kappa shape index (κ1) is 18.7. The van der Waals surface area contributed by atoms with Crippen molar-refractivity contribution in [3.05, 3.63) is 90.3 Å². The number of rotatable bonds is 6. The fourth-order valence-corrected chi connectivity index (χ4v) is 4.19. The molecule has 0 saturated heterocycles. The number of hydrogen-bond acceptors (Lipinski definition) is 5. The fourth-order valence-electron chi connectivity index (χ4n) is 2.55. The predicted octanol–water partition coefficient (Wildman–Crippen LogP) is 2.56. The number of aromatic nitrogens is 2. The standard InChI is InChI=1S/C19H16FN3O3S/c20-16-5-7-17(8-6-16)27(25,26)18(14-3-1-9-21-11-14)13-23-19(24)15-4-2-10-22-12-15/h1-12,18H,13H2,(H,23,24)/t18-/m0/s1. The van der Waals surface area contributed by atoms with Crippen molar-refractivity contribution in [1.82, 2.24) is 15.3 Å². The molecule has 2 heterocycles. The van der Waals surface area contributed by atoms with Gasteiger partial charge in [0.15, 0.2) is 9.84 Å². The van der Waals surface area contributed by atoms with E-state index in [2.05, 4.69) is 15.3 Å². The van der Waals surface area contributed by atoms with E-state index in [1.807, 2.05) is 0 Å². The highest BCUT2D eigenvalue weighted by Gasteiger charge is 2.30.